The summed E-state index contributed by atoms with van der Waals surface area (Å²) >= 11 is 0. The Morgan fingerprint density at radius 3 is 2.72 bits per heavy atom. The van der Waals surface area contributed by atoms with Gasteiger partial charge in [0.15, 0.2) is 5.75 Å². The first-order valence-electron chi connectivity index (χ1n) is 5.63. The highest BCUT2D eigenvalue weighted by Crippen LogP contribution is 2.36. The molecular weight excluding hydrogens is 228 g/mol. The molecule has 3 N–H and O–H groups in total. The predicted octanol–water partition coefficient (Wildman–Crippen LogP) is 2.94. The number of hydrogen-bond acceptors (Lipinski definition) is 3. The van der Waals surface area contributed by atoms with Crippen molar-refractivity contribution in [2.75, 3.05) is 11.1 Å². The van der Waals surface area contributed by atoms with Crippen molar-refractivity contribution in [3.05, 3.63) is 47.5 Å². The number of nitrogen functional groups attached to an aromatic ring is 1. The van der Waals surface area contributed by atoms with E-state index >= 15 is 0 Å². The maximum Gasteiger partial charge on any atom is 0.259 e. The normalized spacial score (nSPS) is 12.8. The Balaban J connectivity index is 2.16. The van der Waals surface area contributed by atoms with Crippen molar-refractivity contribution in [2.24, 2.45) is 0 Å². The molecule has 1 aliphatic heterocycles. The Labute approximate surface area is 104 Å². The number of nitrogens with two attached hydrogens (primary N) is 1. The van der Waals surface area contributed by atoms with Gasteiger partial charge >= 0.3 is 0 Å². The number of benzene rings is 2. The second-order valence-corrected chi connectivity index (χ2v) is 4.31. The van der Waals surface area contributed by atoms with Crippen LogP contribution in [0.1, 0.15) is 15.9 Å². The van der Waals surface area contributed by atoms with Crippen molar-refractivity contribution in [1.82, 2.24) is 0 Å². The Hall–Kier alpha value is -2.49. The van der Waals surface area contributed by atoms with Crippen molar-refractivity contribution in [3.8, 4) is 11.5 Å². The van der Waals surface area contributed by atoms with Gasteiger partial charge in [-0.1, -0.05) is 6.07 Å². The van der Waals surface area contributed by atoms with Gasteiger partial charge in [0, 0.05) is 5.69 Å². The summed E-state index contributed by atoms with van der Waals surface area (Å²) < 4.78 is 5.74. The first-order valence-corrected chi connectivity index (χ1v) is 5.63. The zero-order valence-corrected chi connectivity index (χ0v) is 9.86. The first kappa shape index (κ1) is 10.7. The molecule has 0 aromatic heterocycles. The third kappa shape index (κ3) is 1.68. The molecule has 2 aromatic carbocycles. The standard InChI is InChI=1S/C14H12N2O2/c1-8-2-4-13-11(6-8)16-14(17)10-7-9(15)3-5-12(10)18-13/h2-7H,15H2,1H3,(H,16,17). The SMILES string of the molecule is Cc1ccc2c(c1)NC(=O)c1cc(N)ccc1O2. The Kier molecular flexibility index (Phi) is 2.23. The molecular formula is C14H12N2O2. The molecule has 0 aliphatic carbocycles. The monoisotopic (exact) mass is 240 g/mol. The number of anilines is 2. The number of nitrogens with one attached hydrogen (secondary N) is 1. The van der Waals surface area contributed by atoms with E-state index in [2.05, 4.69) is 5.32 Å². The van der Waals surface area contributed by atoms with Gasteiger partial charge in [0.25, 0.3) is 5.91 Å². The minimum absolute atomic E-state index is 0.207. The number of amides is 1. The van der Waals surface area contributed by atoms with Crippen molar-refractivity contribution in [2.45, 2.75) is 6.92 Å². The third-order valence-electron chi connectivity index (χ3n) is 2.85. The van der Waals surface area contributed by atoms with E-state index in [0.717, 1.165) is 5.56 Å². The molecule has 0 saturated heterocycles. The van der Waals surface area contributed by atoms with E-state index in [-0.39, 0.29) is 5.91 Å². The summed E-state index contributed by atoms with van der Waals surface area (Å²) in [7, 11) is 0. The summed E-state index contributed by atoms with van der Waals surface area (Å²) in [6.45, 7) is 1.96. The summed E-state index contributed by atoms with van der Waals surface area (Å²) in [5.41, 5.74) is 8.41. The van der Waals surface area contributed by atoms with Crippen LogP contribution in [0.2, 0.25) is 0 Å². The number of hydrogen-bond donors (Lipinski definition) is 2. The van der Waals surface area contributed by atoms with Gasteiger partial charge in [-0.2, -0.15) is 0 Å². The third-order valence-corrected chi connectivity index (χ3v) is 2.85. The van der Waals surface area contributed by atoms with Crippen LogP contribution in [0.25, 0.3) is 0 Å². The van der Waals surface area contributed by atoms with E-state index in [1.165, 1.54) is 0 Å². The van der Waals surface area contributed by atoms with Crippen molar-refractivity contribution >= 4 is 17.3 Å². The van der Waals surface area contributed by atoms with E-state index in [1.54, 1.807) is 18.2 Å². The number of rotatable bonds is 0. The van der Waals surface area contributed by atoms with Crippen LogP contribution in [0.15, 0.2) is 36.4 Å². The van der Waals surface area contributed by atoms with Gasteiger partial charge in [0.05, 0.1) is 11.3 Å². The number of fused-ring (bicyclic) bond motifs is 2. The number of carbonyl (C=O) groups is 1. The molecule has 0 atom stereocenters. The van der Waals surface area contributed by atoms with Gasteiger partial charge in [0.2, 0.25) is 0 Å². The van der Waals surface area contributed by atoms with Gasteiger partial charge in [-0.05, 0) is 42.8 Å². The van der Waals surface area contributed by atoms with E-state index in [9.17, 15) is 4.79 Å². The van der Waals surface area contributed by atoms with E-state index in [1.807, 2.05) is 25.1 Å². The molecule has 0 spiro atoms. The zero-order chi connectivity index (χ0) is 12.7. The maximum absolute atomic E-state index is 12.1. The lowest BCUT2D eigenvalue weighted by atomic mass is 10.1. The molecule has 1 heterocycles. The van der Waals surface area contributed by atoms with Crippen LogP contribution in [-0.2, 0) is 0 Å². The fourth-order valence-corrected chi connectivity index (χ4v) is 1.95. The molecule has 90 valence electrons. The van der Waals surface area contributed by atoms with Crippen molar-refractivity contribution in [1.29, 1.82) is 0 Å². The van der Waals surface area contributed by atoms with Crippen LogP contribution in [0.3, 0.4) is 0 Å². The Bertz CT molecular complexity index is 650. The average molecular weight is 240 g/mol. The summed E-state index contributed by atoms with van der Waals surface area (Å²) in [6.07, 6.45) is 0. The predicted molar refractivity (Wildman–Crippen MR) is 70.1 cm³/mol. The molecule has 1 amide bonds. The fourth-order valence-electron chi connectivity index (χ4n) is 1.95. The molecule has 2 aromatic rings. The molecule has 3 rings (SSSR count). The maximum atomic E-state index is 12.1. The minimum atomic E-state index is -0.207. The second-order valence-electron chi connectivity index (χ2n) is 4.31. The van der Waals surface area contributed by atoms with Crippen LogP contribution < -0.4 is 15.8 Å². The van der Waals surface area contributed by atoms with Gasteiger partial charge in [-0.15, -0.1) is 0 Å². The highest BCUT2D eigenvalue weighted by Gasteiger charge is 2.20. The molecule has 0 unspecified atom stereocenters. The van der Waals surface area contributed by atoms with Crippen LogP contribution in [-0.4, -0.2) is 5.91 Å². The smallest absolute Gasteiger partial charge is 0.259 e. The van der Waals surface area contributed by atoms with Crippen molar-refractivity contribution < 1.29 is 9.53 Å². The minimum Gasteiger partial charge on any atom is -0.454 e. The fraction of sp³-hybridized carbons (Fsp3) is 0.0714. The highest BCUT2D eigenvalue weighted by atomic mass is 16.5. The molecule has 1 aliphatic rings. The Morgan fingerprint density at radius 1 is 1.11 bits per heavy atom. The first-order chi connectivity index (χ1) is 8.63. The van der Waals surface area contributed by atoms with E-state index < -0.39 is 0 Å². The molecule has 0 bridgehead atoms. The molecule has 18 heavy (non-hydrogen) atoms. The Morgan fingerprint density at radius 2 is 1.89 bits per heavy atom. The molecule has 0 radical (unpaired) electrons. The van der Waals surface area contributed by atoms with Gasteiger partial charge < -0.3 is 15.8 Å². The average Bonchev–Trinajstić information content (AvgIpc) is 2.46. The van der Waals surface area contributed by atoms with E-state index in [4.69, 9.17) is 10.5 Å². The largest absolute Gasteiger partial charge is 0.454 e. The summed E-state index contributed by atoms with van der Waals surface area (Å²) in [6, 6.07) is 10.7. The summed E-state index contributed by atoms with van der Waals surface area (Å²) in [4.78, 5) is 12.1. The zero-order valence-electron chi connectivity index (χ0n) is 9.86. The topological polar surface area (TPSA) is 64.4 Å². The summed E-state index contributed by atoms with van der Waals surface area (Å²) in [5, 5.41) is 2.83. The van der Waals surface area contributed by atoms with Gasteiger partial charge in [-0.3, -0.25) is 4.79 Å². The van der Waals surface area contributed by atoms with Crippen LogP contribution >= 0.6 is 0 Å². The molecule has 0 saturated carbocycles. The number of aryl methyl sites for hydroxylation is 1. The molecule has 0 fully saturated rings. The van der Waals surface area contributed by atoms with Crippen LogP contribution in [0.5, 0.6) is 11.5 Å². The van der Waals surface area contributed by atoms with Crippen molar-refractivity contribution in [3.63, 3.8) is 0 Å². The molecule has 4 nitrogen and oxygen atoms in total. The lowest BCUT2D eigenvalue weighted by Crippen LogP contribution is -2.10. The van der Waals surface area contributed by atoms with Crippen LogP contribution in [0, 0.1) is 6.92 Å². The van der Waals surface area contributed by atoms with Crippen LogP contribution in [0.4, 0.5) is 11.4 Å². The number of ether oxygens (including phenoxy) is 1. The van der Waals surface area contributed by atoms with Gasteiger partial charge in [0.1, 0.15) is 5.75 Å². The number of carbonyl (C=O) groups excluding carboxylic acids is 1. The molecule has 4 heteroatoms. The second kappa shape index (κ2) is 3.77. The lowest BCUT2D eigenvalue weighted by molar-refractivity contribution is 0.102. The highest BCUT2D eigenvalue weighted by molar-refractivity contribution is 6.08. The quantitative estimate of drug-likeness (QED) is 0.696. The van der Waals surface area contributed by atoms with E-state index in [0.29, 0.717) is 28.4 Å². The van der Waals surface area contributed by atoms with Gasteiger partial charge in [-0.25, -0.2) is 0 Å². The lowest BCUT2D eigenvalue weighted by Gasteiger charge is -2.08. The summed E-state index contributed by atoms with van der Waals surface area (Å²) in [5.74, 6) is 0.948.